The summed E-state index contributed by atoms with van der Waals surface area (Å²) in [6.45, 7) is 6.26. The van der Waals surface area contributed by atoms with E-state index in [0.29, 0.717) is 45.2 Å². The van der Waals surface area contributed by atoms with E-state index >= 15 is 0 Å². The molecule has 0 saturated carbocycles. The van der Waals surface area contributed by atoms with E-state index in [0.717, 1.165) is 21.9 Å². The second-order valence-electron chi connectivity index (χ2n) is 9.71. The molecule has 1 aromatic heterocycles. The summed E-state index contributed by atoms with van der Waals surface area (Å²) in [4.78, 5) is 46.0. The van der Waals surface area contributed by atoms with Gasteiger partial charge in [0.05, 0.1) is 22.9 Å². The van der Waals surface area contributed by atoms with Gasteiger partial charge in [0.25, 0.3) is 11.5 Å². The molecular formula is C32H31N3O6S. The Labute approximate surface area is 246 Å². The Morgan fingerprint density at radius 1 is 1.07 bits per heavy atom. The summed E-state index contributed by atoms with van der Waals surface area (Å²) >= 11 is 1.25. The summed E-state index contributed by atoms with van der Waals surface area (Å²) in [7, 11) is 1.59. The molecule has 0 saturated heterocycles. The third-order valence-electron chi connectivity index (χ3n) is 7.27. The zero-order valence-corrected chi connectivity index (χ0v) is 24.6. The molecular weight excluding hydrogens is 554 g/mol. The number of carboxylic acid groups (broad SMARTS) is 1. The lowest BCUT2D eigenvalue weighted by Gasteiger charge is -2.30. The molecule has 0 bridgehead atoms. The summed E-state index contributed by atoms with van der Waals surface area (Å²) in [5, 5.41) is 10.7. The average molecular weight is 586 g/mol. The van der Waals surface area contributed by atoms with E-state index in [1.54, 1.807) is 46.9 Å². The highest BCUT2D eigenvalue weighted by Crippen LogP contribution is 2.40. The monoisotopic (exact) mass is 585 g/mol. The number of nitrogens with zero attached hydrogens (tertiary/aromatic N) is 3. The van der Waals surface area contributed by atoms with Crippen LogP contribution in [0.5, 0.6) is 11.5 Å². The van der Waals surface area contributed by atoms with E-state index in [9.17, 15) is 14.4 Å². The molecule has 0 unspecified atom stereocenters. The van der Waals surface area contributed by atoms with Gasteiger partial charge in [0.2, 0.25) is 0 Å². The number of fused-ring (bicyclic) bond motifs is 2. The number of methoxy groups -OCH3 is 1. The van der Waals surface area contributed by atoms with Crippen molar-refractivity contribution in [2.75, 3.05) is 26.8 Å². The van der Waals surface area contributed by atoms with Crippen LogP contribution in [0.4, 0.5) is 0 Å². The maximum atomic E-state index is 14.2. The first kappa shape index (κ1) is 28.8. The number of aromatic nitrogens is 1. The van der Waals surface area contributed by atoms with Crippen molar-refractivity contribution in [2.24, 2.45) is 4.99 Å². The van der Waals surface area contributed by atoms with Gasteiger partial charge in [0.15, 0.2) is 11.4 Å². The lowest BCUT2D eigenvalue weighted by Crippen LogP contribution is -2.43. The molecule has 10 heteroatoms. The number of hydrogen-bond donors (Lipinski definition) is 1. The minimum Gasteiger partial charge on any atom is -0.496 e. The average Bonchev–Trinajstić information content (AvgIpc) is 3.29. The van der Waals surface area contributed by atoms with E-state index < -0.39 is 18.6 Å². The molecule has 9 nitrogen and oxygen atoms in total. The Bertz CT molecular complexity index is 1880. The number of benzene rings is 3. The number of allylic oxidation sites excluding steroid dienone is 1. The number of likely N-dealkylation sites (N-methyl/N-ethyl adjacent to an activating group) is 1. The summed E-state index contributed by atoms with van der Waals surface area (Å²) < 4.78 is 13.1. The summed E-state index contributed by atoms with van der Waals surface area (Å²) in [5.41, 5.74) is 2.18. The van der Waals surface area contributed by atoms with E-state index in [1.807, 2.05) is 57.2 Å². The van der Waals surface area contributed by atoms with E-state index in [-0.39, 0.29) is 11.5 Å². The van der Waals surface area contributed by atoms with Crippen LogP contribution in [-0.2, 0) is 9.59 Å². The third kappa shape index (κ3) is 5.33. The van der Waals surface area contributed by atoms with Crippen LogP contribution in [0.25, 0.3) is 16.8 Å². The molecule has 2 heterocycles. The number of carboxylic acids is 1. The van der Waals surface area contributed by atoms with E-state index in [4.69, 9.17) is 19.6 Å². The van der Waals surface area contributed by atoms with Crippen LogP contribution in [0, 0.1) is 0 Å². The van der Waals surface area contributed by atoms with Gasteiger partial charge in [-0.2, -0.15) is 0 Å². The lowest BCUT2D eigenvalue weighted by molar-refractivity contribution is -0.139. The Kier molecular flexibility index (Phi) is 8.26. The zero-order chi connectivity index (χ0) is 30.0. The van der Waals surface area contributed by atoms with Crippen LogP contribution >= 0.6 is 11.3 Å². The fourth-order valence-electron chi connectivity index (χ4n) is 5.24. The van der Waals surface area contributed by atoms with Crippen molar-refractivity contribution in [1.82, 2.24) is 9.47 Å². The minimum atomic E-state index is -1.06. The fourth-order valence-corrected chi connectivity index (χ4v) is 6.29. The Hall–Kier alpha value is -4.70. The molecule has 1 aliphatic rings. The molecule has 1 aliphatic heterocycles. The molecule has 5 rings (SSSR count). The highest BCUT2D eigenvalue weighted by Gasteiger charge is 2.36. The number of carbonyl (C=O) groups is 2. The molecule has 0 aliphatic carbocycles. The number of hydrogen-bond acceptors (Lipinski definition) is 7. The van der Waals surface area contributed by atoms with Crippen LogP contribution in [0.3, 0.4) is 0 Å². The maximum absolute atomic E-state index is 14.2. The number of amides is 1. The van der Waals surface area contributed by atoms with Crippen LogP contribution in [0.1, 0.15) is 37.9 Å². The Morgan fingerprint density at radius 2 is 1.79 bits per heavy atom. The van der Waals surface area contributed by atoms with Gasteiger partial charge in [0, 0.05) is 18.7 Å². The van der Waals surface area contributed by atoms with Gasteiger partial charge in [-0.1, -0.05) is 53.8 Å². The third-order valence-corrected chi connectivity index (χ3v) is 8.25. The number of aliphatic carboxylic acids is 1. The molecule has 0 radical (unpaired) electrons. The minimum absolute atomic E-state index is 0.174. The summed E-state index contributed by atoms with van der Waals surface area (Å²) in [5.74, 6) is -0.252. The molecule has 4 aromatic rings. The highest BCUT2D eigenvalue weighted by molar-refractivity contribution is 7.07. The van der Waals surface area contributed by atoms with Gasteiger partial charge in [-0.05, 0) is 61.4 Å². The van der Waals surface area contributed by atoms with E-state index in [1.165, 1.54) is 11.3 Å². The van der Waals surface area contributed by atoms with E-state index in [2.05, 4.69) is 0 Å². The molecule has 0 spiro atoms. The predicted molar refractivity (Wildman–Crippen MR) is 162 cm³/mol. The van der Waals surface area contributed by atoms with Crippen LogP contribution in [-0.4, -0.2) is 53.3 Å². The first-order chi connectivity index (χ1) is 20.3. The van der Waals surface area contributed by atoms with Crippen LogP contribution < -0.4 is 24.4 Å². The van der Waals surface area contributed by atoms with Crippen molar-refractivity contribution < 1.29 is 24.2 Å². The van der Waals surface area contributed by atoms with Gasteiger partial charge < -0.3 is 19.5 Å². The van der Waals surface area contributed by atoms with Gasteiger partial charge in [-0.25, -0.2) is 9.79 Å². The smallest absolute Gasteiger partial charge is 0.341 e. The fraction of sp³-hybridized carbons (Fsp3) is 0.250. The SMILES string of the molecule is CCN(CC)C(=O)C1=C(C)N=c2s/c(=C/c3ccc(OCC(=O)O)cc3)c(=O)n2[C@H]1c1c(OC)ccc2ccccc12. The number of rotatable bonds is 9. The Balaban J connectivity index is 1.73. The van der Waals surface area contributed by atoms with Crippen molar-refractivity contribution in [3.8, 4) is 11.5 Å². The van der Waals surface area contributed by atoms with Gasteiger partial charge in [0.1, 0.15) is 17.5 Å². The standard InChI is InChI=1S/C32H31N3O6S/c1-5-34(6-2)31(39)27-19(3)33-32-35(29(27)28-23-10-8-7-9-21(23)13-16-24(28)40-4)30(38)25(42-32)17-20-11-14-22(15-12-20)41-18-26(36)37/h7-17,29H,5-6,18H2,1-4H3,(H,36,37)/b25-17+/t29-/m1/s1. The van der Waals surface area contributed by atoms with Crippen LogP contribution in [0.2, 0.25) is 0 Å². The first-order valence-corrected chi connectivity index (χ1v) is 14.4. The van der Waals surface area contributed by atoms with Crippen molar-refractivity contribution in [3.63, 3.8) is 0 Å². The highest BCUT2D eigenvalue weighted by atomic mass is 32.1. The molecule has 0 fully saturated rings. The van der Waals surface area contributed by atoms with Crippen molar-refractivity contribution in [2.45, 2.75) is 26.8 Å². The van der Waals surface area contributed by atoms with Crippen LogP contribution in [0.15, 0.2) is 81.7 Å². The summed E-state index contributed by atoms with van der Waals surface area (Å²) in [6.07, 6.45) is 1.76. The zero-order valence-electron chi connectivity index (χ0n) is 23.8. The maximum Gasteiger partial charge on any atom is 0.341 e. The molecule has 1 atom stereocenters. The first-order valence-electron chi connectivity index (χ1n) is 13.6. The molecule has 1 N–H and O–H groups in total. The lowest BCUT2D eigenvalue weighted by atomic mass is 9.90. The van der Waals surface area contributed by atoms with Gasteiger partial charge >= 0.3 is 5.97 Å². The summed E-state index contributed by atoms with van der Waals surface area (Å²) in [6, 6.07) is 17.7. The molecule has 216 valence electrons. The topological polar surface area (TPSA) is 110 Å². The molecule has 1 amide bonds. The second-order valence-corrected chi connectivity index (χ2v) is 10.7. The normalized spacial score (nSPS) is 14.9. The Morgan fingerprint density at radius 3 is 2.45 bits per heavy atom. The second kappa shape index (κ2) is 12.0. The van der Waals surface area contributed by atoms with Gasteiger partial charge in [-0.15, -0.1) is 0 Å². The molecule has 3 aromatic carbocycles. The van der Waals surface area contributed by atoms with Crippen molar-refractivity contribution >= 4 is 40.1 Å². The molecule has 42 heavy (non-hydrogen) atoms. The van der Waals surface area contributed by atoms with Crippen molar-refractivity contribution in [3.05, 3.63) is 103 Å². The number of ether oxygens (including phenoxy) is 2. The number of carbonyl (C=O) groups excluding carboxylic acids is 1. The predicted octanol–water partition coefficient (Wildman–Crippen LogP) is 3.73. The largest absolute Gasteiger partial charge is 0.496 e. The number of thiazole rings is 1. The van der Waals surface area contributed by atoms with Crippen molar-refractivity contribution in [1.29, 1.82) is 0 Å². The quantitative estimate of drug-likeness (QED) is 0.321. The van der Waals surface area contributed by atoms with Gasteiger partial charge in [-0.3, -0.25) is 14.2 Å².